The van der Waals surface area contributed by atoms with E-state index in [1.807, 2.05) is 30.5 Å². The van der Waals surface area contributed by atoms with Crippen LogP contribution in [0.5, 0.6) is 0 Å². The summed E-state index contributed by atoms with van der Waals surface area (Å²) in [6.45, 7) is 0. The lowest BCUT2D eigenvalue weighted by atomic mass is 9.85. The number of furan rings is 3. The minimum absolute atomic E-state index is 0.819. The molecule has 0 radical (unpaired) electrons. The Labute approximate surface area is 280 Å². The molecule has 0 amide bonds. The van der Waals surface area contributed by atoms with Gasteiger partial charge in [-0.25, -0.2) is 0 Å². The van der Waals surface area contributed by atoms with Gasteiger partial charge >= 0.3 is 0 Å². The Hall–Kier alpha value is -6.58. The second-order valence-electron chi connectivity index (χ2n) is 12.8. The summed E-state index contributed by atoms with van der Waals surface area (Å²) in [5.74, 6) is 0. The number of fused-ring (bicyclic) bond motifs is 9. The van der Waals surface area contributed by atoms with Crippen LogP contribution in [0.25, 0.3) is 110 Å². The molecule has 11 aromatic rings. The molecule has 8 aromatic carbocycles. The monoisotopic (exact) mass is 626 g/mol. The lowest BCUT2D eigenvalue weighted by Crippen LogP contribution is -1.90. The molecule has 0 spiro atoms. The maximum atomic E-state index is 6.55. The topological polar surface area (TPSA) is 39.4 Å². The minimum atomic E-state index is 0.819. The first-order chi connectivity index (χ1) is 24.3. The highest BCUT2D eigenvalue weighted by atomic mass is 16.3. The highest BCUT2D eigenvalue weighted by Gasteiger charge is 2.20. The largest absolute Gasteiger partial charge is 0.464 e. The molecule has 0 unspecified atom stereocenters. The maximum Gasteiger partial charge on any atom is 0.139 e. The van der Waals surface area contributed by atoms with Crippen molar-refractivity contribution in [2.24, 2.45) is 0 Å². The fraction of sp³-hybridized carbons (Fsp3) is 0. The molecule has 49 heavy (non-hydrogen) atoms. The average Bonchev–Trinajstić information content (AvgIpc) is 3.85. The fourth-order valence-electron chi connectivity index (χ4n) is 7.93. The second kappa shape index (κ2) is 9.96. The maximum absolute atomic E-state index is 6.55. The first-order valence-electron chi connectivity index (χ1n) is 16.6. The average molecular weight is 627 g/mol. The molecular formula is C46H26O3. The Balaban J connectivity index is 1.13. The van der Waals surface area contributed by atoms with Gasteiger partial charge < -0.3 is 13.3 Å². The van der Waals surface area contributed by atoms with Gasteiger partial charge in [0.25, 0.3) is 0 Å². The van der Waals surface area contributed by atoms with Gasteiger partial charge in [0.05, 0.1) is 6.26 Å². The third-order valence-electron chi connectivity index (χ3n) is 10.1. The van der Waals surface area contributed by atoms with Crippen LogP contribution in [-0.4, -0.2) is 0 Å². The second-order valence-corrected chi connectivity index (χ2v) is 12.8. The smallest absolute Gasteiger partial charge is 0.139 e. The molecule has 3 nitrogen and oxygen atoms in total. The quantitative estimate of drug-likeness (QED) is 0.183. The molecule has 3 aromatic heterocycles. The highest BCUT2D eigenvalue weighted by molar-refractivity contribution is 6.23. The zero-order chi connectivity index (χ0) is 32.1. The molecule has 0 fully saturated rings. The third-order valence-corrected chi connectivity index (χ3v) is 10.1. The molecule has 0 bridgehead atoms. The van der Waals surface area contributed by atoms with Crippen molar-refractivity contribution < 1.29 is 13.3 Å². The lowest BCUT2D eigenvalue weighted by molar-refractivity contribution is 0.614. The van der Waals surface area contributed by atoms with Gasteiger partial charge in [0, 0.05) is 38.6 Å². The SMILES string of the molecule is c1ccc(-c2coc3cc4oc5cc(-c6c7ccccc7c(-c7ccc8c(c7)oc7ccccc78)c7ccccc67)ccc5c4cc23)cc1. The van der Waals surface area contributed by atoms with Crippen molar-refractivity contribution >= 4 is 76.4 Å². The van der Waals surface area contributed by atoms with Crippen molar-refractivity contribution in [2.45, 2.75) is 0 Å². The van der Waals surface area contributed by atoms with Crippen LogP contribution < -0.4 is 0 Å². The molecule has 3 heterocycles. The Kier molecular flexibility index (Phi) is 5.38. The number of rotatable bonds is 3. The van der Waals surface area contributed by atoms with E-state index in [1.54, 1.807) is 0 Å². The van der Waals surface area contributed by atoms with Gasteiger partial charge in [-0.1, -0.05) is 109 Å². The highest BCUT2D eigenvalue weighted by Crippen LogP contribution is 2.46. The summed E-state index contributed by atoms with van der Waals surface area (Å²) in [5, 5.41) is 10.3. The Morgan fingerprint density at radius 2 is 0.776 bits per heavy atom. The van der Waals surface area contributed by atoms with Crippen LogP contribution in [-0.2, 0) is 0 Å². The van der Waals surface area contributed by atoms with Gasteiger partial charge in [-0.2, -0.15) is 0 Å². The van der Waals surface area contributed by atoms with Crippen LogP contribution >= 0.6 is 0 Å². The van der Waals surface area contributed by atoms with Crippen LogP contribution in [0, 0.1) is 0 Å². The normalized spacial score (nSPS) is 12.1. The van der Waals surface area contributed by atoms with E-state index < -0.39 is 0 Å². The number of hydrogen-bond donors (Lipinski definition) is 0. The summed E-state index contributed by atoms with van der Waals surface area (Å²) in [7, 11) is 0. The van der Waals surface area contributed by atoms with Gasteiger partial charge in [-0.15, -0.1) is 0 Å². The van der Waals surface area contributed by atoms with Crippen molar-refractivity contribution in [1.82, 2.24) is 0 Å². The van der Waals surface area contributed by atoms with E-state index in [2.05, 4.69) is 127 Å². The van der Waals surface area contributed by atoms with Crippen molar-refractivity contribution in [3.63, 3.8) is 0 Å². The predicted octanol–water partition coefficient (Wildman–Crippen LogP) is 13.5. The van der Waals surface area contributed by atoms with Gasteiger partial charge in [-0.05, 0) is 85.8 Å². The number of hydrogen-bond acceptors (Lipinski definition) is 3. The van der Waals surface area contributed by atoms with Crippen LogP contribution in [0.1, 0.15) is 0 Å². The van der Waals surface area contributed by atoms with E-state index >= 15 is 0 Å². The first-order valence-corrected chi connectivity index (χ1v) is 16.6. The van der Waals surface area contributed by atoms with Crippen molar-refractivity contribution in [1.29, 1.82) is 0 Å². The first kappa shape index (κ1) is 26.5. The van der Waals surface area contributed by atoms with Gasteiger partial charge in [0.2, 0.25) is 0 Å². The minimum Gasteiger partial charge on any atom is -0.464 e. The van der Waals surface area contributed by atoms with E-state index in [-0.39, 0.29) is 0 Å². The van der Waals surface area contributed by atoms with Crippen LogP contribution in [0.4, 0.5) is 0 Å². The molecule has 0 saturated heterocycles. The predicted molar refractivity (Wildman–Crippen MR) is 202 cm³/mol. The Morgan fingerprint density at radius 3 is 1.41 bits per heavy atom. The molecule has 3 heteroatoms. The molecule has 0 atom stereocenters. The molecule has 0 saturated carbocycles. The van der Waals surface area contributed by atoms with E-state index in [0.29, 0.717) is 0 Å². The molecule has 0 aliphatic rings. The van der Waals surface area contributed by atoms with Gasteiger partial charge in [0.15, 0.2) is 0 Å². The van der Waals surface area contributed by atoms with E-state index in [9.17, 15) is 0 Å². The summed E-state index contributed by atoms with van der Waals surface area (Å²) < 4.78 is 18.9. The third kappa shape index (κ3) is 3.84. The summed E-state index contributed by atoms with van der Waals surface area (Å²) in [4.78, 5) is 0. The van der Waals surface area contributed by atoms with Crippen molar-refractivity contribution in [2.75, 3.05) is 0 Å². The zero-order valence-corrected chi connectivity index (χ0v) is 26.2. The van der Waals surface area contributed by atoms with Crippen LogP contribution in [0.3, 0.4) is 0 Å². The Morgan fingerprint density at radius 1 is 0.286 bits per heavy atom. The zero-order valence-electron chi connectivity index (χ0n) is 26.2. The molecular weight excluding hydrogens is 601 g/mol. The fourth-order valence-corrected chi connectivity index (χ4v) is 7.93. The summed E-state index contributed by atoms with van der Waals surface area (Å²) in [5.41, 5.74) is 11.2. The van der Waals surface area contributed by atoms with Crippen LogP contribution in [0.15, 0.2) is 171 Å². The van der Waals surface area contributed by atoms with Crippen molar-refractivity contribution in [3.05, 3.63) is 158 Å². The molecule has 0 aliphatic carbocycles. The van der Waals surface area contributed by atoms with E-state index in [0.717, 1.165) is 77.1 Å². The summed E-state index contributed by atoms with van der Waals surface area (Å²) in [6, 6.07) is 53.6. The summed E-state index contributed by atoms with van der Waals surface area (Å²) in [6.07, 6.45) is 1.84. The molecule has 0 aliphatic heterocycles. The molecule has 0 N–H and O–H groups in total. The molecule has 228 valence electrons. The summed E-state index contributed by atoms with van der Waals surface area (Å²) >= 11 is 0. The van der Waals surface area contributed by atoms with E-state index in [1.165, 1.54) is 32.7 Å². The number of benzene rings is 8. The molecule has 11 rings (SSSR count). The number of para-hydroxylation sites is 1. The standard InChI is InChI=1S/C46H26O3/c1-2-10-27(11-3-1)39-26-47-41-25-44-37(24-38(39)41)32-21-19-29(23-43(32)49-44)46-35-15-6-4-13-33(35)45(34-14-5-7-16-36(34)46)28-18-20-31-30-12-8-9-17-40(30)48-42(31)22-28/h1-26H. The Bertz CT molecular complexity index is 3040. The van der Waals surface area contributed by atoms with Crippen molar-refractivity contribution in [3.8, 4) is 33.4 Å². The lowest BCUT2D eigenvalue weighted by Gasteiger charge is -2.17. The van der Waals surface area contributed by atoms with Crippen LogP contribution in [0.2, 0.25) is 0 Å². The van der Waals surface area contributed by atoms with E-state index in [4.69, 9.17) is 13.3 Å². The van der Waals surface area contributed by atoms with Gasteiger partial charge in [-0.3, -0.25) is 0 Å². The van der Waals surface area contributed by atoms with Gasteiger partial charge in [0.1, 0.15) is 27.9 Å².